The Balaban J connectivity index is 0.00000208. The summed E-state index contributed by atoms with van der Waals surface area (Å²) in [6, 6.07) is 16.3. The molecular formula is C18H20Cl2N2O2. The molecule has 0 saturated carbocycles. The molecule has 0 bridgehead atoms. The molecule has 0 aromatic heterocycles. The van der Waals surface area contributed by atoms with E-state index < -0.39 is 6.04 Å². The van der Waals surface area contributed by atoms with E-state index in [2.05, 4.69) is 0 Å². The van der Waals surface area contributed by atoms with Crippen LogP contribution in [0.1, 0.15) is 23.3 Å². The van der Waals surface area contributed by atoms with Gasteiger partial charge in [-0.2, -0.15) is 0 Å². The smallest absolute Gasteiger partial charge is 0.244 e. The van der Waals surface area contributed by atoms with E-state index in [0.29, 0.717) is 24.7 Å². The Morgan fingerprint density at radius 3 is 2.54 bits per heavy atom. The first-order chi connectivity index (χ1) is 11.2. The van der Waals surface area contributed by atoms with Gasteiger partial charge in [0.05, 0.1) is 13.2 Å². The summed E-state index contributed by atoms with van der Waals surface area (Å²) in [5.41, 5.74) is 7.85. The first-order valence-electron chi connectivity index (χ1n) is 7.62. The number of rotatable bonds is 3. The van der Waals surface area contributed by atoms with Crippen molar-refractivity contribution in [3.05, 3.63) is 70.7 Å². The van der Waals surface area contributed by atoms with Crippen molar-refractivity contribution in [1.29, 1.82) is 0 Å². The lowest BCUT2D eigenvalue weighted by molar-refractivity contribution is -0.140. The minimum Gasteiger partial charge on any atom is -0.370 e. The van der Waals surface area contributed by atoms with E-state index in [-0.39, 0.29) is 24.4 Å². The zero-order chi connectivity index (χ0) is 16.2. The van der Waals surface area contributed by atoms with Crippen molar-refractivity contribution < 1.29 is 9.53 Å². The number of ether oxygens (including phenoxy) is 1. The van der Waals surface area contributed by atoms with E-state index >= 15 is 0 Å². The van der Waals surface area contributed by atoms with Crippen molar-refractivity contribution in [2.75, 3.05) is 19.7 Å². The van der Waals surface area contributed by atoms with Crippen LogP contribution in [0.2, 0.25) is 5.02 Å². The third kappa shape index (κ3) is 4.08. The SMILES string of the molecule is Cl.NC(C(=O)N1CCOC(c2ccccc2Cl)C1)c1ccccc1. The molecule has 0 radical (unpaired) electrons. The Hall–Kier alpha value is -1.59. The Morgan fingerprint density at radius 2 is 1.83 bits per heavy atom. The predicted molar refractivity (Wildman–Crippen MR) is 97.3 cm³/mol. The highest BCUT2D eigenvalue weighted by atomic mass is 35.5. The molecule has 4 nitrogen and oxygen atoms in total. The Bertz CT molecular complexity index is 682. The molecule has 2 atom stereocenters. The monoisotopic (exact) mass is 366 g/mol. The predicted octanol–water partition coefficient (Wildman–Crippen LogP) is 3.36. The van der Waals surface area contributed by atoms with Gasteiger partial charge in [-0.3, -0.25) is 4.79 Å². The van der Waals surface area contributed by atoms with Gasteiger partial charge < -0.3 is 15.4 Å². The topological polar surface area (TPSA) is 55.6 Å². The van der Waals surface area contributed by atoms with Crippen LogP contribution in [0.5, 0.6) is 0 Å². The van der Waals surface area contributed by atoms with Gasteiger partial charge >= 0.3 is 0 Å². The molecule has 2 aromatic carbocycles. The Kier molecular flexibility index (Phi) is 6.63. The molecule has 1 saturated heterocycles. The number of morpholine rings is 1. The average Bonchev–Trinajstić information content (AvgIpc) is 2.62. The summed E-state index contributed by atoms with van der Waals surface area (Å²) < 4.78 is 5.79. The molecule has 2 N–H and O–H groups in total. The van der Waals surface area contributed by atoms with Crippen molar-refractivity contribution in [3.63, 3.8) is 0 Å². The standard InChI is InChI=1S/C18H19ClN2O2.ClH/c19-15-9-5-4-8-14(15)16-12-21(10-11-23-16)18(22)17(20)13-6-2-1-3-7-13;/h1-9,16-17H,10-12,20H2;1H. The van der Waals surface area contributed by atoms with Crippen molar-refractivity contribution >= 4 is 29.9 Å². The van der Waals surface area contributed by atoms with Gasteiger partial charge in [-0.1, -0.05) is 60.1 Å². The second kappa shape index (κ2) is 8.49. The number of carbonyl (C=O) groups excluding carboxylic acids is 1. The summed E-state index contributed by atoms with van der Waals surface area (Å²) in [5, 5.41) is 0.652. The zero-order valence-electron chi connectivity index (χ0n) is 13.1. The molecule has 2 aromatic rings. The van der Waals surface area contributed by atoms with Crippen molar-refractivity contribution in [2.24, 2.45) is 5.73 Å². The van der Waals surface area contributed by atoms with Crippen LogP contribution in [0.3, 0.4) is 0 Å². The molecule has 6 heteroatoms. The number of hydrogen-bond donors (Lipinski definition) is 1. The molecule has 128 valence electrons. The van der Waals surface area contributed by atoms with Crippen LogP contribution in [0.25, 0.3) is 0 Å². The second-order valence-electron chi connectivity index (χ2n) is 5.55. The van der Waals surface area contributed by atoms with E-state index in [1.165, 1.54) is 0 Å². The lowest BCUT2D eigenvalue weighted by atomic mass is 10.0. The number of amides is 1. The summed E-state index contributed by atoms with van der Waals surface area (Å²) >= 11 is 6.24. The van der Waals surface area contributed by atoms with Gasteiger partial charge in [0.15, 0.2) is 0 Å². The van der Waals surface area contributed by atoms with Crippen LogP contribution in [-0.4, -0.2) is 30.5 Å². The third-order valence-corrected chi connectivity index (χ3v) is 4.40. The summed E-state index contributed by atoms with van der Waals surface area (Å²) in [5.74, 6) is -0.0865. The van der Waals surface area contributed by atoms with Gasteiger partial charge in [0.2, 0.25) is 5.91 Å². The molecule has 1 aliphatic heterocycles. The maximum atomic E-state index is 12.7. The largest absolute Gasteiger partial charge is 0.370 e. The fourth-order valence-electron chi connectivity index (χ4n) is 2.77. The van der Waals surface area contributed by atoms with Crippen LogP contribution < -0.4 is 5.73 Å². The molecule has 24 heavy (non-hydrogen) atoms. The van der Waals surface area contributed by atoms with Crippen molar-refractivity contribution in [1.82, 2.24) is 4.90 Å². The molecule has 0 spiro atoms. The van der Waals surface area contributed by atoms with Crippen LogP contribution >= 0.6 is 24.0 Å². The van der Waals surface area contributed by atoms with E-state index in [4.69, 9.17) is 22.1 Å². The number of nitrogens with two attached hydrogens (primary N) is 1. The van der Waals surface area contributed by atoms with Gasteiger partial charge in [-0.25, -0.2) is 0 Å². The Labute approximate surface area is 153 Å². The zero-order valence-corrected chi connectivity index (χ0v) is 14.7. The number of hydrogen-bond acceptors (Lipinski definition) is 3. The van der Waals surface area contributed by atoms with Crippen LogP contribution in [0.4, 0.5) is 0 Å². The number of benzene rings is 2. The van der Waals surface area contributed by atoms with E-state index in [0.717, 1.165) is 11.1 Å². The van der Waals surface area contributed by atoms with E-state index in [1.807, 2.05) is 54.6 Å². The average molecular weight is 367 g/mol. The summed E-state index contributed by atoms with van der Waals surface area (Å²) in [7, 11) is 0. The fourth-order valence-corrected chi connectivity index (χ4v) is 3.03. The first-order valence-corrected chi connectivity index (χ1v) is 8.00. The van der Waals surface area contributed by atoms with Gasteiger partial charge in [0.1, 0.15) is 12.1 Å². The number of nitrogens with zero attached hydrogens (tertiary/aromatic N) is 1. The van der Waals surface area contributed by atoms with Crippen LogP contribution in [0, 0.1) is 0 Å². The maximum absolute atomic E-state index is 12.7. The highest BCUT2D eigenvalue weighted by molar-refractivity contribution is 6.31. The highest BCUT2D eigenvalue weighted by Crippen LogP contribution is 2.29. The molecule has 1 amide bonds. The fraction of sp³-hybridized carbons (Fsp3) is 0.278. The molecule has 2 unspecified atom stereocenters. The minimum absolute atomic E-state index is 0. The highest BCUT2D eigenvalue weighted by Gasteiger charge is 2.29. The van der Waals surface area contributed by atoms with Crippen molar-refractivity contribution in [3.8, 4) is 0 Å². The van der Waals surface area contributed by atoms with Crippen LogP contribution in [-0.2, 0) is 9.53 Å². The van der Waals surface area contributed by atoms with E-state index in [1.54, 1.807) is 4.90 Å². The molecule has 1 fully saturated rings. The number of halogens is 2. The quantitative estimate of drug-likeness (QED) is 0.905. The van der Waals surface area contributed by atoms with Gasteiger partial charge in [0, 0.05) is 17.1 Å². The summed E-state index contributed by atoms with van der Waals surface area (Å²) in [6.07, 6.45) is -0.218. The molecule has 1 heterocycles. The van der Waals surface area contributed by atoms with Gasteiger partial charge in [-0.15, -0.1) is 12.4 Å². The molecule has 0 aliphatic carbocycles. The molecule has 3 rings (SSSR count). The lowest BCUT2D eigenvalue weighted by Gasteiger charge is -2.35. The van der Waals surface area contributed by atoms with Gasteiger partial charge in [-0.05, 0) is 11.6 Å². The first kappa shape index (κ1) is 18.7. The van der Waals surface area contributed by atoms with Gasteiger partial charge in [0.25, 0.3) is 0 Å². The lowest BCUT2D eigenvalue weighted by Crippen LogP contribution is -2.46. The van der Waals surface area contributed by atoms with Crippen LogP contribution in [0.15, 0.2) is 54.6 Å². The maximum Gasteiger partial charge on any atom is 0.244 e. The molecular weight excluding hydrogens is 347 g/mol. The third-order valence-electron chi connectivity index (χ3n) is 4.05. The molecule has 1 aliphatic rings. The van der Waals surface area contributed by atoms with E-state index in [9.17, 15) is 4.79 Å². The Morgan fingerprint density at radius 1 is 1.17 bits per heavy atom. The summed E-state index contributed by atoms with van der Waals surface area (Å²) in [4.78, 5) is 14.4. The summed E-state index contributed by atoms with van der Waals surface area (Å²) in [6.45, 7) is 1.48. The van der Waals surface area contributed by atoms with Crippen molar-refractivity contribution in [2.45, 2.75) is 12.1 Å². The normalized spacial score (nSPS) is 18.6. The minimum atomic E-state index is -0.652. The number of carbonyl (C=O) groups is 1. The second-order valence-corrected chi connectivity index (χ2v) is 5.96.